The lowest BCUT2D eigenvalue weighted by atomic mass is 10.0. The summed E-state index contributed by atoms with van der Waals surface area (Å²) in [6.45, 7) is 3.17. The number of benzene rings is 3. The Morgan fingerprint density at radius 3 is 2.35 bits per heavy atom. The van der Waals surface area contributed by atoms with Gasteiger partial charge in [0.1, 0.15) is 5.75 Å². The molecule has 0 saturated heterocycles. The third-order valence-corrected chi connectivity index (χ3v) is 5.87. The molecule has 0 aliphatic rings. The molecule has 1 amide bonds. The molecule has 0 aliphatic heterocycles. The highest BCUT2D eigenvalue weighted by atomic mass is 32.1. The number of carbonyl (C=O) groups is 3. The Bertz CT molecular complexity index is 1350. The number of ether oxygens (including phenoxy) is 2. The number of anilines is 1. The Labute approximate surface area is 200 Å². The van der Waals surface area contributed by atoms with Gasteiger partial charge in [-0.05, 0) is 55.3 Å². The van der Waals surface area contributed by atoms with E-state index in [1.807, 2.05) is 32.0 Å². The summed E-state index contributed by atoms with van der Waals surface area (Å²) in [6, 6.07) is 19.5. The third kappa shape index (κ3) is 5.65. The molecule has 3 aromatic carbocycles. The molecular formula is C26H22N2O5S. The first-order chi connectivity index (χ1) is 16.4. The minimum absolute atomic E-state index is 0.101. The summed E-state index contributed by atoms with van der Waals surface area (Å²) >= 11 is 1.37. The third-order valence-electron chi connectivity index (χ3n) is 4.95. The summed E-state index contributed by atoms with van der Waals surface area (Å²) in [7, 11) is 0. The van der Waals surface area contributed by atoms with Gasteiger partial charge >= 0.3 is 5.97 Å². The van der Waals surface area contributed by atoms with Crippen LogP contribution in [0.4, 0.5) is 5.13 Å². The van der Waals surface area contributed by atoms with Crippen molar-refractivity contribution in [1.82, 2.24) is 4.98 Å². The molecule has 0 atom stereocenters. The molecule has 0 aliphatic carbocycles. The number of hydrogen-bond acceptors (Lipinski definition) is 7. The number of thiazole rings is 1. The normalized spacial score (nSPS) is 10.6. The van der Waals surface area contributed by atoms with Crippen LogP contribution in [0.3, 0.4) is 0 Å². The van der Waals surface area contributed by atoms with Crippen LogP contribution in [0.25, 0.3) is 10.2 Å². The summed E-state index contributed by atoms with van der Waals surface area (Å²) < 4.78 is 11.4. The fourth-order valence-corrected chi connectivity index (χ4v) is 4.43. The second-order valence-electron chi connectivity index (χ2n) is 7.66. The predicted octanol–water partition coefficient (Wildman–Crippen LogP) is 4.70. The second-order valence-corrected chi connectivity index (χ2v) is 8.70. The largest absolute Gasteiger partial charge is 0.482 e. The van der Waals surface area contributed by atoms with Crippen molar-refractivity contribution in [2.45, 2.75) is 13.8 Å². The van der Waals surface area contributed by atoms with Crippen LogP contribution in [0, 0.1) is 13.8 Å². The van der Waals surface area contributed by atoms with E-state index >= 15 is 0 Å². The summed E-state index contributed by atoms with van der Waals surface area (Å²) in [5, 5.41) is 3.11. The van der Waals surface area contributed by atoms with Crippen LogP contribution in [0.15, 0.2) is 66.7 Å². The summed E-state index contributed by atoms with van der Waals surface area (Å²) in [4.78, 5) is 41.0. The highest BCUT2D eigenvalue weighted by molar-refractivity contribution is 7.22. The van der Waals surface area contributed by atoms with Gasteiger partial charge in [-0.2, -0.15) is 0 Å². The van der Waals surface area contributed by atoms with Gasteiger partial charge < -0.3 is 9.47 Å². The molecule has 0 fully saturated rings. The Hall–Kier alpha value is -4.04. The number of esters is 1. The van der Waals surface area contributed by atoms with Crippen molar-refractivity contribution in [2.75, 3.05) is 18.5 Å². The number of hydrogen-bond donors (Lipinski definition) is 1. The lowest BCUT2D eigenvalue weighted by molar-refractivity contribution is -0.149. The van der Waals surface area contributed by atoms with Crippen molar-refractivity contribution in [1.29, 1.82) is 0 Å². The van der Waals surface area contributed by atoms with E-state index in [0.717, 1.165) is 21.3 Å². The van der Waals surface area contributed by atoms with E-state index in [4.69, 9.17) is 9.47 Å². The molecule has 1 aromatic heterocycles. The number of rotatable bonds is 8. The molecule has 1 heterocycles. The first-order valence-electron chi connectivity index (χ1n) is 10.5. The monoisotopic (exact) mass is 474 g/mol. The smallest absolute Gasteiger partial charge is 0.344 e. The van der Waals surface area contributed by atoms with Crippen molar-refractivity contribution in [3.63, 3.8) is 0 Å². The minimum Gasteiger partial charge on any atom is -0.482 e. The molecule has 0 spiro atoms. The lowest BCUT2D eigenvalue weighted by Crippen LogP contribution is -2.23. The maximum atomic E-state index is 12.4. The number of amides is 1. The van der Waals surface area contributed by atoms with Crippen LogP contribution in [0.1, 0.15) is 27.0 Å². The standard InChI is InChI=1S/C26H22N2O5S/c1-16-12-17(2)24-21(13-16)34-26(28-24)27-22(29)14-33-23(30)15-32-20-10-8-19(9-11-20)25(31)18-6-4-3-5-7-18/h3-13H,14-15H2,1-2H3,(H,27,28,29). The molecule has 8 heteroatoms. The van der Waals surface area contributed by atoms with E-state index in [2.05, 4.69) is 10.3 Å². The number of aryl methyl sites for hydroxylation is 2. The fourth-order valence-electron chi connectivity index (χ4n) is 3.37. The van der Waals surface area contributed by atoms with Crippen molar-refractivity contribution >= 4 is 44.3 Å². The predicted molar refractivity (Wildman–Crippen MR) is 130 cm³/mol. The van der Waals surface area contributed by atoms with Crippen LogP contribution in [-0.4, -0.2) is 35.9 Å². The van der Waals surface area contributed by atoms with Gasteiger partial charge in [-0.15, -0.1) is 0 Å². The van der Waals surface area contributed by atoms with Crippen LogP contribution in [0.2, 0.25) is 0 Å². The van der Waals surface area contributed by atoms with E-state index < -0.39 is 18.5 Å². The number of carbonyl (C=O) groups excluding carboxylic acids is 3. The zero-order valence-electron chi connectivity index (χ0n) is 18.7. The van der Waals surface area contributed by atoms with Gasteiger partial charge in [-0.3, -0.25) is 14.9 Å². The van der Waals surface area contributed by atoms with Gasteiger partial charge in [0.15, 0.2) is 24.1 Å². The Morgan fingerprint density at radius 2 is 1.62 bits per heavy atom. The average Bonchev–Trinajstić information content (AvgIpc) is 3.24. The zero-order valence-corrected chi connectivity index (χ0v) is 19.5. The van der Waals surface area contributed by atoms with E-state index in [1.165, 1.54) is 11.3 Å². The first kappa shape index (κ1) is 23.1. The Morgan fingerprint density at radius 1 is 0.912 bits per heavy atom. The van der Waals surface area contributed by atoms with Gasteiger partial charge in [0.05, 0.1) is 10.2 Å². The summed E-state index contributed by atoms with van der Waals surface area (Å²) in [5.74, 6) is -0.858. The molecule has 172 valence electrons. The zero-order chi connectivity index (χ0) is 24.1. The maximum absolute atomic E-state index is 12.4. The van der Waals surface area contributed by atoms with E-state index in [-0.39, 0.29) is 12.4 Å². The molecule has 0 radical (unpaired) electrons. The molecule has 4 rings (SSSR count). The lowest BCUT2D eigenvalue weighted by Gasteiger charge is -2.08. The van der Waals surface area contributed by atoms with Crippen molar-refractivity contribution in [3.05, 3.63) is 89.0 Å². The average molecular weight is 475 g/mol. The van der Waals surface area contributed by atoms with E-state index in [1.54, 1.807) is 48.5 Å². The topological polar surface area (TPSA) is 94.6 Å². The van der Waals surface area contributed by atoms with E-state index in [9.17, 15) is 14.4 Å². The maximum Gasteiger partial charge on any atom is 0.344 e. The SMILES string of the molecule is Cc1cc(C)c2nc(NC(=O)COC(=O)COc3ccc(C(=O)c4ccccc4)cc3)sc2c1. The van der Waals surface area contributed by atoms with Crippen molar-refractivity contribution < 1.29 is 23.9 Å². The fraction of sp³-hybridized carbons (Fsp3) is 0.154. The number of nitrogens with zero attached hydrogens (tertiary/aromatic N) is 1. The quantitative estimate of drug-likeness (QED) is 0.294. The molecule has 1 N–H and O–H groups in total. The summed E-state index contributed by atoms with van der Waals surface area (Å²) in [5.41, 5.74) is 4.10. The van der Waals surface area contributed by atoms with Crippen molar-refractivity contribution in [3.8, 4) is 5.75 Å². The minimum atomic E-state index is -0.685. The van der Waals surface area contributed by atoms with Crippen molar-refractivity contribution in [2.24, 2.45) is 0 Å². The number of fused-ring (bicyclic) bond motifs is 1. The van der Waals surface area contributed by atoms with Crippen LogP contribution in [-0.2, 0) is 14.3 Å². The van der Waals surface area contributed by atoms with Gasteiger partial charge in [-0.1, -0.05) is 47.7 Å². The van der Waals surface area contributed by atoms with Crippen LogP contribution >= 0.6 is 11.3 Å². The highest BCUT2D eigenvalue weighted by Crippen LogP contribution is 2.29. The Balaban J connectivity index is 1.24. The molecule has 0 saturated carbocycles. The molecular weight excluding hydrogens is 452 g/mol. The summed E-state index contributed by atoms with van der Waals surface area (Å²) in [6.07, 6.45) is 0. The molecule has 0 unspecified atom stereocenters. The number of aromatic nitrogens is 1. The van der Waals surface area contributed by atoms with Crippen LogP contribution < -0.4 is 10.1 Å². The van der Waals surface area contributed by atoms with Gasteiger partial charge in [0, 0.05) is 11.1 Å². The first-order valence-corrected chi connectivity index (χ1v) is 11.4. The highest BCUT2D eigenvalue weighted by Gasteiger charge is 2.13. The van der Waals surface area contributed by atoms with Gasteiger partial charge in [0.2, 0.25) is 0 Å². The van der Waals surface area contributed by atoms with Crippen LogP contribution in [0.5, 0.6) is 5.75 Å². The molecule has 0 bridgehead atoms. The molecule has 34 heavy (non-hydrogen) atoms. The number of ketones is 1. The number of nitrogens with one attached hydrogen (secondary N) is 1. The Kier molecular flexibility index (Phi) is 6.98. The second kappa shape index (κ2) is 10.3. The molecule has 4 aromatic rings. The van der Waals surface area contributed by atoms with Gasteiger partial charge in [0.25, 0.3) is 5.91 Å². The van der Waals surface area contributed by atoms with E-state index in [0.29, 0.717) is 22.0 Å². The van der Waals surface area contributed by atoms with Gasteiger partial charge in [-0.25, -0.2) is 9.78 Å². The molecule has 7 nitrogen and oxygen atoms in total.